The first-order valence-corrected chi connectivity index (χ1v) is 7.05. The summed E-state index contributed by atoms with van der Waals surface area (Å²) in [5, 5.41) is 2.91. The Morgan fingerprint density at radius 2 is 1.96 bits per heavy atom. The molecule has 3 rings (SSSR count). The molecule has 2 aromatic carbocycles. The van der Waals surface area contributed by atoms with Crippen LogP contribution in [0.3, 0.4) is 0 Å². The number of carbonyl (C=O) groups excluding carboxylic acids is 1. The van der Waals surface area contributed by atoms with Gasteiger partial charge >= 0.3 is 0 Å². The number of benzene rings is 2. The largest absolute Gasteiger partial charge is 0.423 e. The monoisotopic (exact) mass is 329 g/mol. The van der Waals surface area contributed by atoms with E-state index < -0.39 is 5.91 Å². The smallest absolute Gasteiger partial charge is 0.299 e. The van der Waals surface area contributed by atoms with Gasteiger partial charge in [0.15, 0.2) is 5.76 Å². The topological polar surface area (TPSA) is 58.4 Å². The number of halogens is 2. The van der Waals surface area contributed by atoms with Gasteiger partial charge < -0.3 is 9.73 Å². The molecule has 1 N–H and O–H groups in total. The predicted molar refractivity (Wildman–Crippen MR) is 84.8 cm³/mol. The molecule has 0 aliphatic rings. The van der Waals surface area contributed by atoms with Crippen molar-refractivity contribution in [3.63, 3.8) is 0 Å². The fourth-order valence-corrected chi connectivity index (χ4v) is 2.11. The van der Waals surface area contributed by atoms with Crippen molar-refractivity contribution in [1.29, 1.82) is 0 Å². The number of rotatable bonds is 4. The van der Waals surface area contributed by atoms with Crippen LogP contribution in [0, 0.1) is 5.82 Å². The Bertz CT molecular complexity index is 860. The minimum absolute atomic E-state index is 0.0149. The molecule has 0 saturated carbocycles. The molecule has 0 spiro atoms. The van der Waals surface area contributed by atoms with E-state index in [2.05, 4.69) is 10.3 Å². The first-order valence-electron chi connectivity index (χ1n) is 7.05. The number of anilines is 2. The zero-order chi connectivity index (χ0) is 17.1. The highest BCUT2D eigenvalue weighted by molar-refractivity contribution is 5.94. The molecule has 0 bridgehead atoms. The Kier molecular flexibility index (Phi) is 4.24. The average molecular weight is 329 g/mol. The normalized spacial score (nSPS) is 10.5. The second-order valence-corrected chi connectivity index (χ2v) is 5.02. The van der Waals surface area contributed by atoms with Gasteiger partial charge in [-0.3, -0.25) is 4.79 Å². The van der Waals surface area contributed by atoms with Gasteiger partial charge in [-0.1, -0.05) is 16.6 Å². The van der Waals surface area contributed by atoms with Crippen LogP contribution < -0.4 is 5.32 Å². The van der Waals surface area contributed by atoms with Gasteiger partial charge in [-0.2, -0.15) is 5.12 Å². The summed E-state index contributed by atoms with van der Waals surface area (Å²) in [6.07, 6.45) is 1.48. The van der Waals surface area contributed by atoms with Crippen LogP contribution in [-0.2, 0) is 0 Å². The lowest BCUT2D eigenvalue weighted by molar-refractivity contribution is 0.0343. The summed E-state index contributed by atoms with van der Waals surface area (Å²) in [5.41, 5.74) is 1.40. The molecule has 0 atom stereocenters. The second kappa shape index (κ2) is 6.49. The maximum Gasteiger partial charge on any atom is 0.299 e. The first kappa shape index (κ1) is 15.7. The highest BCUT2D eigenvalue weighted by Crippen LogP contribution is 2.25. The van der Waals surface area contributed by atoms with Crippen molar-refractivity contribution in [1.82, 2.24) is 10.1 Å². The summed E-state index contributed by atoms with van der Waals surface area (Å²) in [6, 6.07) is 12.3. The van der Waals surface area contributed by atoms with Gasteiger partial charge in [0, 0.05) is 23.9 Å². The molecule has 122 valence electrons. The van der Waals surface area contributed by atoms with Gasteiger partial charge in [0.25, 0.3) is 11.9 Å². The van der Waals surface area contributed by atoms with E-state index in [9.17, 15) is 13.7 Å². The molecular weight excluding hydrogens is 316 g/mol. The minimum atomic E-state index is -0.749. The van der Waals surface area contributed by atoms with Crippen molar-refractivity contribution in [2.45, 2.75) is 0 Å². The first-order chi connectivity index (χ1) is 11.5. The highest BCUT2D eigenvalue weighted by atomic mass is 19.2. The SMILES string of the molecule is CN(F)C(=O)c1cccc(-c2cnc(Nc3ccc(F)cc3)o2)c1. The van der Waals surface area contributed by atoms with Gasteiger partial charge in [-0.05, 0) is 36.4 Å². The molecule has 0 fully saturated rings. The maximum absolute atomic E-state index is 13.0. The van der Waals surface area contributed by atoms with E-state index in [1.54, 1.807) is 24.3 Å². The van der Waals surface area contributed by atoms with Crippen LogP contribution >= 0.6 is 0 Å². The van der Waals surface area contributed by atoms with E-state index in [1.165, 1.54) is 30.5 Å². The molecule has 0 radical (unpaired) electrons. The number of oxazole rings is 1. The number of nitrogens with one attached hydrogen (secondary N) is 1. The van der Waals surface area contributed by atoms with Crippen LogP contribution in [-0.4, -0.2) is 23.1 Å². The summed E-state index contributed by atoms with van der Waals surface area (Å²) in [7, 11) is 1.04. The van der Waals surface area contributed by atoms with E-state index in [-0.39, 0.29) is 22.5 Å². The Hall–Kier alpha value is -3.22. The van der Waals surface area contributed by atoms with E-state index in [4.69, 9.17) is 4.42 Å². The van der Waals surface area contributed by atoms with Gasteiger partial charge in [0.1, 0.15) is 5.82 Å². The van der Waals surface area contributed by atoms with Gasteiger partial charge in [-0.25, -0.2) is 9.37 Å². The van der Waals surface area contributed by atoms with Gasteiger partial charge in [-0.15, -0.1) is 0 Å². The van der Waals surface area contributed by atoms with Crippen molar-refractivity contribution in [3.8, 4) is 11.3 Å². The molecule has 3 aromatic rings. The number of hydrogen-bond donors (Lipinski definition) is 1. The van der Waals surface area contributed by atoms with Crippen molar-refractivity contribution in [2.24, 2.45) is 0 Å². The lowest BCUT2D eigenvalue weighted by atomic mass is 10.1. The molecule has 0 saturated heterocycles. The molecule has 1 heterocycles. The molecule has 1 amide bonds. The van der Waals surface area contributed by atoms with Crippen molar-refractivity contribution < 1.29 is 18.1 Å². The highest BCUT2D eigenvalue weighted by Gasteiger charge is 2.13. The lowest BCUT2D eigenvalue weighted by Gasteiger charge is -2.06. The van der Waals surface area contributed by atoms with Crippen molar-refractivity contribution >= 4 is 17.6 Å². The number of carbonyl (C=O) groups is 1. The van der Waals surface area contributed by atoms with E-state index in [1.807, 2.05) is 0 Å². The summed E-state index contributed by atoms with van der Waals surface area (Å²) >= 11 is 0. The number of nitrogens with zero attached hydrogens (tertiary/aromatic N) is 2. The Balaban J connectivity index is 1.81. The molecule has 0 unspecified atom stereocenters. The van der Waals surface area contributed by atoms with Crippen LogP contribution in [0.15, 0.2) is 59.1 Å². The molecule has 5 nitrogen and oxygen atoms in total. The Labute approximate surface area is 136 Å². The molecular formula is C17H13F2N3O2. The maximum atomic E-state index is 13.0. The molecule has 7 heteroatoms. The summed E-state index contributed by atoms with van der Waals surface area (Å²) in [4.78, 5) is 15.7. The summed E-state index contributed by atoms with van der Waals surface area (Å²) in [6.45, 7) is 0. The number of hydrogen-bond acceptors (Lipinski definition) is 4. The quantitative estimate of drug-likeness (QED) is 0.730. The Morgan fingerprint density at radius 1 is 1.21 bits per heavy atom. The van der Waals surface area contributed by atoms with Crippen molar-refractivity contribution in [3.05, 3.63) is 66.1 Å². The van der Waals surface area contributed by atoms with Crippen LogP contribution in [0.4, 0.5) is 20.6 Å². The van der Waals surface area contributed by atoms with Crippen LogP contribution in [0.2, 0.25) is 0 Å². The standard InChI is InChI=1S/C17H13F2N3O2/c1-22(19)16(23)12-4-2-3-11(9-12)15-10-20-17(24-15)21-14-7-5-13(18)6-8-14/h2-10H,1H3,(H,20,21). The lowest BCUT2D eigenvalue weighted by Crippen LogP contribution is -2.17. The molecule has 0 aliphatic heterocycles. The van der Waals surface area contributed by atoms with Crippen LogP contribution in [0.1, 0.15) is 10.4 Å². The van der Waals surface area contributed by atoms with Gasteiger partial charge in [0.05, 0.1) is 6.20 Å². The number of aromatic nitrogens is 1. The summed E-state index contributed by atoms with van der Waals surface area (Å²) < 4.78 is 31.5. The van der Waals surface area contributed by atoms with Crippen molar-refractivity contribution in [2.75, 3.05) is 12.4 Å². The van der Waals surface area contributed by atoms with E-state index in [0.717, 1.165) is 7.05 Å². The number of amides is 1. The zero-order valence-corrected chi connectivity index (χ0v) is 12.7. The average Bonchev–Trinajstić information content (AvgIpc) is 3.05. The third kappa shape index (κ3) is 3.40. The predicted octanol–water partition coefficient (Wildman–Crippen LogP) is 4.18. The fourth-order valence-electron chi connectivity index (χ4n) is 2.11. The summed E-state index contributed by atoms with van der Waals surface area (Å²) in [5.74, 6) is -0.676. The third-order valence-corrected chi connectivity index (χ3v) is 3.28. The second-order valence-electron chi connectivity index (χ2n) is 5.02. The zero-order valence-electron chi connectivity index (χ0n) is 12.7. The molecule has 1 aromatic heterocycles. The fraction of sp³-hybridized carbons (Fsp3) is 0.0588. The third-order valence-electron chi connectivity index (χ3n) is 3.28. The van der Waals surface area contributed by atoms with E-state index >= 15 is 0 Å². The van der Waals surface area contributed by atoms with Gasteiger partial charge in [0.2, 0.25) is 0 Å². The molecule has 0 aliphatic carbocycles. The molecule has 24 heavy (non-hydrogen) atoms. The van der Waals surface area contributed by atoms with Crippen LogP contribution in [0.25, 0.3) is 11.3 Å². The Morgan fingerprint density at radius 3 is 2.67 bits per heavy atom. The minimum Gasteiger partial charge on any atom is -0.423 e. The van der Waals surface area contributed by atoms with E-state index in [0.29, 0.717) is 17.0 Å². The van der Waals surface area contributed by atoms with Crippen LogP contribution in [0.5, 0.6) is 0 Å².